The molecule has 0 aliphatic rings. The van der Waals surface area contributed by atoms with Crippen LogP contribution >= 0.6 is 0 Å². The summed E-state index contributed by atoms with van der Waals surface area (Å²) in [6.07, 6.45) is 1.13. The molecule has 3 heteroatoms. The van der Waals surface area contributed by atoms with Crippen LogP contribution in [0.15, 0.2) is 36.4 Å². The van der Waals surface area contributed by atoms with E-state index in [9.17, 15) is 4.79 Å². The van der Waals surface area contributed by atoms with Crippen LogP contribution in [0.3, 0.4) is 0 Å². The lowest BCUT2D eigenvalue weighted by Gasteiger charge is -2.12. The van der Waals surface area contributed by atoms with Crippen molar-refractivity contribution in [2.45, 2.75) is 26.7 Å². The fourth-order valence-electron chi connectivity index (χ4n) is 2.41. The molecule has 2 aromatic carbocycles. The molecule has 0 saturated heterocycles. The van der Waals surface area contributed by atoms with E-state index in [1.54, 1.807) is 7.11 Å². The van der Waals surface area contributed by atoms with Gasteiger partial charge >= 0.3 is 0 Å². The van der Waals surface area contributed by atoms with Crippen molar-refractivity contribution in [3.05, 3.63) is 58.7 Å². The lowest BCUT2D eigenvalue weighted by Crippen LogP contribution is -2.06. The third-order valence-electron chi connectivity index (χ3n) is 3.77. The van der Waals surface area contributed by atoms with Crippen molar-refractivity contribution in [3.63, 3.8) is 0 Å². The van der Waals surface area contributed by atoms with Gasteiger partial charge in [-0.1, -0.05) is 18.2 Å². The molecule has 0 heterocycles. The first-order valence-corrected chi connectivity index (χ1v) is 7.04. The first-order valence-electron chi connectivity index (χ1n) is 7.04. The standard InChI is InChI=1S/C18H21NO2/c1-12-7-9-16(18(21-3)13(12)2)17(20)10-8-14-5-4-6-15(19)11-14/h4-7,9,11H,8,10,19H2,1-3H3. The van der Waals surface area contributed by atoms with Gasteiger partial charge in [0.1, 0.15) is 5.75 Å². The summed E-state index contributed by atoms with van der Waals surface area (Å²) < 4.78 is 5.41. The second-order valence-corrected chi connectivity index (χ2v) is 5.26. The highest BCUT2D eigenvalue weighted by molar-refractivity contribution is 5.99. The van der Waals surface area contributed by atoms with Gasteiger partial charge in [-0.3, -0.25) is 4.79 Å². The normalized spacial score (nSPS) is 10.4. The molecule has 0 bridgehead atoms. The Balaban J connectivity index is 2.16. The molecule has 0 spiro atoms. The number of rotatable bonds is 5. The number of hydrogen-bond acceptors (Lipinski definition) is 3. The largest absolute Gasteiger partial charge is 0.496 e. The Labute approximate surface area is 125 Å². The van der Waals surface area contributed by atoms with E-state index in [1.807, 2.05) is 50.2 Å². The molecular formula is C18H21NO2. The Bertz CT molecular complexity index is 662. The van der Waals surface area contributed by atoms with E-state index in [2.05, 4.69) is 0 Å². The topological polar surface area (TPSA) is 52.3 Å². The molecule has 0 aliphatic heterocycles. The average molecular weight is 283 g/mol. The van der Waals surface area contributed by atoms with Crippen LogP contribution in [-0.4, -0.2) is 12.9 Å². The van der Waals surface area contributed by atoms with E-state index in [0.29, 0.717) is 24.2 Å². The Morgan fingerprint density at radius 2 is 1.95 bits per heavy atom. The number of aryl methyl sites for hydroxylation is 2. The van der Waals surface area contributed by atoms with Gasteiger partial charge < -0.3 is 10.5 Å². The van der Waals surface area contributed by atoms with Gasteiger partial charge in [0.15, 0.2) is 5.78 Å². The van der Waals surface area contributed by atoms with Crippen LogP contribution in [-0.2, 0) is 6.42 Å². The minimum atomic E-state index is 0.0948. The van der Waals surface area contributed by atoms with Gasteiger partial charge in [-0.15, -0.1) is 0 Å². The third kappa shape index (κ3) is 3.43. The van der Waals surface area contributed by atoms with Crippen LogP contribution in [0.5, 0.6) is 5.75 Å². The van der Waals surface area contributed by atoms with E-state index >= 15 is 0 Å². The zero-order valence-corrected chi connectivity index (χ0v) is 12.8. The Morgan fingerprint density at radius 3 is 2.62 bits per heavy atom. The molecule has 0 aromatic heterocycles. The molecule has 0 fully saturated rings. The highest BCUT2D eigenvalue weighted by atomic mass is 16.5. The number of methoxy groups -OCH3 is 1. The van der Waals surface area contributed by atoms with Crippen molar-refractivity contribution in [1.29, 1.82) is 0 Å². The molecule has 2 N–H and O–H groups in total. The second kappa shape index (κ2) is 6.44. The predicted molar refractivity (Wildman–Crippen MR) is 86.0 cm³/mol. The van der Waals surface area contributed by atoms with Crippen molar-refractivity contribution in [2.24, 2.45) is 0 Å². The van der Waals surface area contributed by atoms with Crippen molar-refractivity contribution >= 4 is 11.5 Å². The fourth-order valence-corrected chi connectivity index (χ4v) is 2.41. The summed E-state index contributed by atoms with van der Waals surface area (Å²) in [7, 11) is 1.61. The number of Topliss-reactive ketones (excluding diaryl/α,β-unsaturated/α-hetero) is 1. The SMILES string of the molecule is COc1c(C(=O)CCc2cccc(N)c2)ccc(C)c1C. The number of hydrogen-bond donors (Lipinski definition) is 1. The number of ether oxygens (including phenoxy) is 1. The number of benzene rings is 2. The van der Waals surface area contributed by atoms with E-state index < -0.39 is 0 Å². The molecule has 0 amide bonds. The summed E-state index contributed by atoms with van der Waals surface area (Å²) in [6, 6.07) is 11.5. The monoisotopic (exact) mass is 283 g/mol. The molecule has 2 rings (SSSR count). The first-order chi connectivity index (χ1) is 10.0. The number of nitrogen functional groups attached to an aromatic ring is 1. The summed E-state index contributed by atoms with van der Waals surface area (Å²) in [5.41, 5.74) is 10.4. The molecule has 0 atom stereocenters. The Morgan fingerprint density at radius 1 is 1.19 bits per heavy atom. The maximum atomic E-state index is 12.4. The van der Waals surface area contributed by atoms with Crippen molar-refractivity contribution < 1.29 is 9.53 Å². The lowest BCUT2D eigenvalue weighted by atomic mass is 9.98. The van der Waals surface area contributed by atoms with Gasteiger partial charge in [-0.25, -0.2) is 0 Å². The molecule has 0 aliphatic carbocycles. The van der Waals surface area contributed by atoms with Crippen LogP contribution in [0, 0.1) is 13.8 Å². The van der Waals surface area contributed by atoms with Crippen LogP contribution in [0.1, 0.15) is 33.5 Å². The van der Waals surface area contributed by atoms with E-state index in [1.165, 1.54) is 0 Å². The highest BCUT2D eigenvalue weighted by Crippen LogP contribution is 2.27. The maximum Gasteiger partial charge on any atom is 0.166 e. The number of anilines is 1. The highest BCUT2D eigenvalue weighted by Gasteiger charge is 2.15. The number of carbonyl (C=O) groups is 1. The Kier molecular flexibility index (Phi) is 4.63. The summed E-state index contributed by atoms with van der Waals surface area (Å²) in [6.45, 7) is 3.99. The number of nitrogens with two attached hydrogens (primary N) is 1. The zero-order chi connectivity index (χ0) is 15.4. The smallest absolute Gasteiger partial charge is 0.166 e. The maximum absolute atomic E-state index is 12.4. The van der Waals surface area contributed by atoms with Gasteiger partial charge in [0.05, 0.1) is 12.7 Å². The molecule has 3 nitrogen and oxygen atoms in total. The molecule has 21 heavy (non-hydrogen) atoms. The molecule has 2 aromatic rings. The van der Waals surface area contributed by atoms with E-state index in [-0.39, 0.29) is 5.78 Å². The van der Waals surface area contributed by atoms with Gasteiger partial charge in [0.25, 0.3) is 0 Å². The van der Waals surface area contributed by atoms with Crippen molar-refractivity contribution in [3.8, 4) is 5.75 Å². The lowest BCUT2D eigenvalue weighted by molar-refractivity contribution is 0.0979. The second-order valence-electron chi connectivity index (χ2n) is 5.26. The summed E-state index contributed by atoms with van der Waals surface area (Å²) >= 11 is 0. The number of carbonyl (C=O) groups excluding carboxylic acids is 1. The van der Waals surface area contributed by atoms with Crippen LogP contribution < -0.4 is 10.5 Å². The first kappa shape index (κ1) is 15.1. The van der Waals surface area contributed by atoms with Crippen LogP contribution in [0.25, 0.3) is 0 Å². The van der Waals surface area contributed by atoms with E-state index in [4.69, 9.17) is 10.5 Å². The van der Waals surface area contributed by atoms with Crippen LogP contribution in [0.4, 0.5) is 5.69 Å². The van der Waals surface area contributed by atoms with Gasteiger partial charge in [0.2, 0.25) is 0 Å². The van der Waals surface area contributed by atoms with E-state index in [0.717, 1.165) is 22.4 Å². The minimum Gasteiger partial charge on any atom is -0.496 e. The average Bonchev–Trinajstić information content (AvgIpc) is 2.47. The quantitative estimate of drug-likeness (QED) is 0.672. The fraction of sp³-hybridized carbons (Fsp3) is 0.278. The minimum absolute atomic E-state index is 0.0948. The molecule has 0 unspecified atom stereocenters. The Hall–Kier alpha value is -2.29. The van der Waals surface area contributed by atoms with Gasteiger partial charge in [0, 0.05) is 12.1 Å². The molecule has 0 saturated carbocycles. The molecule has 110 valence electrons. The van der Waals surface area contributed by atoms with Gasteiger partial charge in [-0.2, -0.15) is 0 Å². The molecular weight excluding hydrogens is 262 g/mol. The van der Waals surface area contributed by atoms with Gasteiger partial charge in [-0.05, 0) is 55.2 Å². The van der Waals surface area contributed by atoms with Crippen LogP contribution in [0.2, 0.25) is 0 Å². The van der Waals surface area contributed by atoms with Crippen molar-refractivity contribution in [2.75, 3.05) is 12.8 Å². The summed E-state index contributed by atoms with van der Waals surface area (Å²) in [5, 5.41) is 0. The predicted octanol–water partition coefficient (Wildman–Crippen LogP) is 3.71. The molecule has 0 radical (unpaired) electrons. The summed E-state index contributed by atoms with van der Waals surface area (Å²) in [5.74, 6) is 0.782. The zero-order valence-electron chi connectivity index (χ0n) is 12.8. The summed E-state index contributed by atoms with van der Waals surface area (Å²) in [4.78, 5) is 12.4. The van der Waals surface area contributed by atoms with Crippen molar-refractivity contribution in [1.82, 2.24) is 0 Å². The number of ketones is 1. The third-order valence-corrected chi connectivity index (χ3v) is 3.77.